The summed E-state index contributed by atoms with van der Waals surface area (Å²) in [6.45, 7) is 3.83. The molecule has 6 nitrogen and oxygen atoms in total. The van der Waals surface area contributed by atoms with Crippen molar-refractivity contribution in [1.82, 2.24) is 4.98 Å². The average molecular weight is 395 g/mol. The number of ketones is 1. The van der Waals surface area contributed by atoms with E-state index in [9.17, 15) is 9.59 Å². The smallest absolute Gasteiger partial charge is 0.306 e. The molecule has 1 aromatic heterocycles. The number of rotatable bonds is 9. The van der Waals surface area contributed by atoms with Crippen molar-refractivity contribution in [2.24, 2.45) is 0 Å². The molecule has 0 fully saturated rings. The number of Topliss-reactive ketones (excluding diaryl/α,β-unsaturated/α-hetero) is 1. The third-order valence-electron chi connectivity index (χ3n) is 4.67. The second-order valence-corrected chi connectivity index (χ2v) is 6.79. The van der Waals surface area contributed by atoms with Crippen LogP contribution in [0.3, 0.4) is 0 Å². The lowest BCUT2D eigenvalue weighted by Gasteiger charge is -2.13. The maximum absolute atomic E-state index is 12.8. The average Bonchev–Trinajstić information content (AvgIpc) is 3.06. The number of para-hydroxylation sites is 1. The predicted molar refractivity (Wildman–Crippen MR) is 111 cm³/mol. The van der Waals surface area contributed by atoms with E-state index >= 15 is 0 Å². The van der Waals surface area contributed by atoms with Crippen LogP contribution in [-0.4, -0.2) is 36.6 Å². The number of fused-ring (bicyclic) bond motifs is 1. The number of ether oxygens (including phenoxy) is 3. The highest BCUT2D eigenvalue weighted by molar-refractivity contribution is 6.11. The summed E-state index contributed by atoms with van der Waals surface area (Å²) in [4.78, 5) is 28.1. The Morgan fingerprint density at radius 1 is 1.03 bits per heavy atom. The number of aromatic amines is 1. The first kappa shape index (κ1) is 20.5. The summed E-state index contributed by atoms with van der Waals surface area (Å²) < 4.78 is 16.0. The van der Waals surface area contributed by atoms with Gasteiger partial charge in [-0.15, -0.1) is 0 Å². The van der Waals surface area contributed by atoms with Crippen molar-refractivity contribution in [1.29, 1.82) is 0 Å². The number of carbonyl (C=O) groups is 2. The Bertz CT molecular complexity index is 990. The molecule has 1 heterocycles. The fraction of sp³-hybridized carbons (Fsp3) is 0.304. The Morgan fingerprint density at radius 3 is 2.45 bits per heavy atom. The second-order valence-electron chi connectivity index (χ2n) is 6.79. The van der Waals surface area contributed by atoms with Crippen LogP contribution in [0.5, 0.6) is 11.5 Å². The topological polar surface area (TPSA) is 77.6 Å². The van der Waals surface area contributed by atoms with Crippen LogP contribution in [-0.2, 0) is 9.53 Å². The Balaban J connectivity index is 1.48. The molecule has 0 saturated carbocycles. The van der Waals surface area contributed by atoms with E-state index in [1.54, 1.807) is 26.2 Å². The van der Waals surface area contributed by atoms with Crippen LogP contribution >= 0.6 is 0 Å². The van der Waals surface area contributed by atoms with Crippen LogP contribution in [0.15, 0.2) is 48.5 Å². The SMILES string of the molecule is COc1ccc(OCCCC(=O)O[C@@H](C)C(=O)c2c(C)[nH]c3ccccc23)cc1. The van der Waals surface area contributed by atoms with Gasteiger partial charge in [-0.2, -0.15) is 0 Å². The first-order chi connectivity index (χ1) is 14.0. The molecule has 152 valence electrons. The number of aryl methyl sites for hydroxylation is 1. The molecule has 29 heavy (non-hydrogen) atoms. The molecule has 0 aliphatic heterocycles. The summed E-state index contributed by atoms with van der Waals surface area (Å²) >= 11 is 0. The van der Waals surface area contributed by atoms with Gasteiger partial charge in [0.25, 0.3) is 0 Å². The Labute approximate surface area is 169 Å². The van der Waals surface area contributed by atoms with E-state index in [-0.39, 0.29) is 12.2 Å². The summed E-state index contributed by atoms with van der Waals surface area (Å²) in [5.74, 6) is 0.840. The first-order valence-electron chi connectivity index (χ1n) is 9.57. The normalized spacial score (nSPS) is 11.8. The van der Waals surface area contributed by atoms with Crippen LogP contribution in [0.4, 0.5) is 0 Å². The van der Waals surface area contributed by atoms with Gasteiger partial charge < -0.3 is 19.2 Å². The zero-order valence-electron chi connectivity index (χ0n) is 16.9. The van der Waals surface area contributed by atoms with E-state index in [0.717, 1.165) is 22.3 Å². The fourth-order valence-electron chi connectivity index (χ4n) is 3.19. The van der Waals surface area contributed by atoms with Gasteiger partial charge in [0.15, 0.2) is 6.10 Å². The monoisotopic (exact) mass is 395 g/mol. The summed E-state index contributed by atoms with van der Waals surface area (Å²) in [6.07, 6.45) is -0.165. The molecule has 0 amide bonds. The standard InChI is InChI=1S/C23H25NO5/c1-15-22(19-7-4-5-8-20(19)24-15)23(26)16(2)29-21(25)9-6-14-28-18-12-10-17(27-3)11-13-18/h4-5,7-8,10-13,16,24H,6,9,14H2,1-3H3/t16-/m0/s1. The lowest BCUT2D eigenvalue weighted by atomic mass is 10.0. The first-order valence-corrected chi connectivity index (χ1v) is 9.57. The van der Waals surface area contributed by atoms with Gasteiger partial charge in [0.05, 0.1) is 13.7 Å². The molecule has 1 atom stereocenters. The lowest BCUT2D eigenvalue weighted by molar-refractivity contribution is -0.146. The van der Waals surface area contributed by atoms with Gasteiger partial charge in [0, 0.05) is 28.6 Å². The van der Waals surface area contributed by atoms with Gasteiger partial charge >= 0.3 is 5.97 Å². The second kappa shape index (κ2) is 9.28. The minimum atomic E-state index is -0.845. The molecular formula is C23H25NO5. The molecule has 2 aromatic carbocycles. The molecular weight excluding hydrogens is 370 g/mol. The zero-order valence-corrected chi connectivity index (χ0v) is 16.9. The number of carbonyl (C=O) groups excluding carboxylic acids is 2. The minimum absolute atomic E-state index is 0.181. The summed E-state index contributed by atoms with van der Waals surface area (Å²) in [7, 11) is 1.60. The predicted octanol–water partition coefficient (Wildman–Crippen LogP) is 4.46. The van der Waals surface area contributed by atoms with Crippen molar-refractivity contribution in [2.45, 2.75) is 32.8 Å². The minimum Gasteiger partial charge on any atom is -0.497 e. The third kappa shape index (κ3) is 4.96. The Kier molecular flexibility index (Phi) is 6.54. The number of hydrogen-bond acceptors (Lipinski definition) is 5. The number of esters is 1. The molecule has 0 bridgehead atoms. The van der Waals surface area contributed by atoms with Crippen LogP contribution < -0.4 is 9.47 Å². The van der Waals surface area contributed by atoms with Crippen LogP contribution in [0.2, 0.25) is 0 Å². The fourth-order valence-corrected chi connectivity index (χ4v) is 3.19. The lowest BCUT2D eigenvalue weighted by Crippen LogP contribution is -2.25. The number of H-pyrrole nitrogens is 1. The maximum Gasteiger partial charge on any atom is 0.306 e. The molecule has 6 heteroatoms. The molecule has 3 rings (SSSR count). The third-order valence-corrected chi connectivity index (χ3v) is 4.67. The maximum atomic E-state index is 12.8. The van der Waals surface area contributed by atoms with E-state index in [4.69, 9.17) is 14.2 Å². The largest absolute Gasteiger partial charge is 0.497 e. The quantitative estimate of drug-likeness (QED) is 0.329. The zero-order chi connectivity index (χ0) is 20.8. The molecule has 0 radical (unpaired) electrons. The van der Waals surface area contributed by atoms with Crippen molar-refractivity contribution in [3.05, 3.63) is 59.8 Å². The number of aromatic nitrogens is 1. The molecule has 3 aromatic rings. The Hall–Kier alpha value is -3.28. The van der Waals surface area contributed by atoms with Gasteiger partial charge in [-0.25, -0.2) is 0 Å². The highest BCUT2D eigenvalue weighted by Crippen LogP contribution is 2.24. The van der Waals surface area contributed by atoms with Gasteiger partial charge in [0.1, 0.15) is 11.5 Å². The van der Waals surface area contributed by atoms with Crippen molar-refractivity contribution >= 4 is 22.7 Å². The number of methoxy groups -OCH3 is 1. The summed E-state index contributed by atoms with van der Waals surface area (Å²) in [5, 5.41) is 0.839. The van der Waals surface area contributed by atoms with E-state index < -0.39 is 12.1 Å². The van der Waals surface area contributed by atoms with Crippen LogP contribution in [0.25, 0.3) is 10.9 Å². The molecule has 1 N–H and O–H groups in total. The number of hydrogen-bond donors (Lipinski definition) is 1. The van der Waals surface area contributed by atoms with Crippen molar-refractivity contribution < 1.29 is 23.8 Å². The van der Waals surface area contributed by atoms with Gasteiger partial charge in [-0.05, 0) is 50.6 Å². The molecule has 0 spiro atoms. The van der Waals surface area contributed by atoms with E-state index in [1.807, 2.05) is 43.3 Å². The van der Waals surface area contributed by atoms with Gasteiger partial charge in [-0.3, -0.25) is 9.59 Å². The molecule has 0 aliphatic rings. The van der Waals surface area contributed by atoms with Crippen molar-refractivity contribution in [2.75, 3.05) is 13.7 Å². The molecule has 0 aliphatic carbocycles. The van der Waals surface area contributed by atoms with Crippen LogP contribution in [0.1, 0.15) is 35.8 Å². The summed E-state index contributed by atoms with van der Waals surface area (Å²) in [6, 6.07) is 14.8. The summed E-state index contributed by atoms with van der Waals surface area (Å²) in [5.41, 5.74) is 2.23. The van der Waals surface area contributed by atoms with Crippen molar-refractivity contribution in [3.63, 3.8) is 0 Å². The van der Waals surface area contributed by atoms with Gasteiger partial charge in [-0.1, -0.05) is 18.2 Å². The molecule has 0 saturated heterocycles. The molecule has 0 unspecified atom stereocenters. The van der Waals surface area contributed by atoms with E-state index in [1.165, 1.54) is 0 Å². The van der Waals surface area contributed by atoms with Crippen LogP contribution in [0, 0.1) is 6.92 Å². The van der Waals surface area contributed by atoms with E-state index in [2.05, 4.69) is 4.98 Å². The number of benzene rings is 2. The highest BCUT2D eigenvalue weighted by Gasteiger charge is 2.24. The highest BCUT2D eigenvalue weighted by atomic mass is 16.5. The van der Waals surface area contributed by atoms with E-state index in [0.29, 0.717) is 24.3 Å². The number of nitrogens with one attached hydrogen (secondary N) is 1. The van der Waals surface area contributed by atoms with Crippen molar-refractivity contribution in [3.8, 4) is 11.5 Å². The Morgan fingerprint density at radius 2 is 1.72 bits per heavy atom. The van der Waals surface area contributed by atoms with Gasteiger partial charge in [0.2, 0.25) is 5.78 Å².